The van der Waals surface area contributed by atoms with Crippen LogP contribution in [0.1, 0.15) is 189 Å². The van der Waals surface area contributed by atoms with Crippen molar-refractivity contribution in [3.8, 4) is 0 Å². The van der Waals surface area contributed by atoms with Crippen molar-refractivity contribution in [3.63, 3.8) is 0 Å². The Morgan fingerprint density at radius 1 is 0.600 bits per heavy atom. The summed E-state index contributed by atoms with van der Waals surface area (Å²) in [6, 6.07) is 0.686. The zero-order chi connectivity index (χ0) is 25.8. The standard InChI is InChI=1S/C34H67N/c1-7-10-13-19-22-27-33(4,5)32(35-31-25-20-17-16-18-21-26-31)30-34(6,28-23-14-11-8-2)29-24-15-12-9-3/h30-31,35H,7-29H2,1-6H3/b32-30+. The highest BCUT2D eigenvalue weighted by Gasteiger charge is 2.30. The molecule has 0 saturated heterocycles. The third-order valence-corrected chi connectivity index (χ3v) is 8.79. The maximum absolute atomic E-state index is 4.24. The highest BCUT2D eigenvalue weighted by Crippen LogP contribution is 2.40. The van der Waals surface area contributed by atoms with E-state index in [0.29, 0.717) is 11.5 Å². The maximum Gasteiger partial charge on any atom is 0.0258 e. The number of rotatable bonds is 20. The molecule has 1 heteroatoms. The topological polar surface area (TPSA) is 12.0 Å². The molecule has 1 N–H and O–H groups in total. The molecule has 0 heterocycles. The van der Waals surface area contributed by atoms with Crippen LogP contribution in [0.5, 0.6) is 0 Å². The van der Waals surface area contributed by atoms with Gasteiger partial charge in [0.15, 0.2) is 0 Å². The average molecular weight is 490 g/mol. The second-order valence-electron chi connectivity index (χ2n) is 13.1. The van der Waals surface area contributed by atoms with Gasteiger partial charge in [-0.05, 0) is 37.5 Å². The fourth-order valence-electron chi connectivity index (χ4n) is 6.09. The monoisotopic (exact) mass is 490 g/mol. The minimum absolute atomic E-state index is 0.253. The maximum atomic E-state index is 4.24. The largest absolute Gasteiger partial charge is 0.385 e. The van der Waals surface area contributed by atoms with Gasteiger partial charge in [-0.3, -0.25) is 0 Å². The molecule has 1 aliphatic rings. The van der Waals surface area contributed by atoms with Gasteiger partial charge >= 0.3 is 0 Å². The van der Waals surface area contributed by atoms with Crippen molar-refractivity contribution in [2.45, 2.75) is 195 Å². The van der Waals surface area contributed by atoms with Gasteiger partial charge in [0.05, 0.1) is 0 Å². The predicted molar refractivity (Wildman–Crippen MR) is 160 cm³/mol. The predicted octanol–water partition coefficient (Wildman–Crippen LogP) is 11.9. The summed E-state index contributed by atoms with van der Waals surface area (Å²) >= 11 is 0. The number of unbranched alkanes of at least 4 members (excludes halogenated alkanes) is 10. The zero-order valence-electron chi connectivity index (χ0n) is 25.4. The molecule has 1 rings (SSSR count). The second kappa shape index (κ2) is 19.6. The molecule has 0 spiro atoms. The highest BCUT2D eigenvalue weighted by atomic mass is 14.9. The smallest absolute Gasteiger partial charge is 0.0258 e. The lowest BCUT2D eigenvalue weighted by Gasteiger charge is -2.37. The molecule has 0 amide bonds. The first-order chi connectivity index (χ1) is 16.9. The van der Waals surface area contributed by atoms with Gasteiger partial charge in [0.1, 0.15) is 0 Å². The van der Waals surface area contributed by atoms with Gasteiger partial charge in [0, 0.05) is 17.2 Å². The van der Waals surface area contributed by atoms with Crippen molar-refractivity contribution in [3.05, 3.63) is 11.8 Å². The molecule has 0 aromatic rings. The molecule has 0 aromatic carbocycles. The Morgan fingerprint density at radius 3 is 1.54 bits per heavy atom. The van der Waals surface area contributed by atoms with Gasteiger partial charge in [-0.2, -0.15) is 0 Å². The molecule has 208 valence electrons. The Hall–Kier alpha value is -0.460. The van der Waals surface area contributed by atoms with Crippen LogP contribution in [-0.2, 0) is 0 Å². The molecule has 0 bridgehead atoms. The van der Waals surface area contributed by atoms with Gasteiger partial charge in [-0.25, -0.2) is 0 Å². The van der Waals surface area contributed by atoms with Crippen molar-refractivity contribution in [1.82, 2.24) is 5.32 Å². The summed E-state index contributed by atoms with van der Waals surface area (Å²) in [4.78, 5) is 0. The molecular formula is C34H67N. The lowest BCUT2D eigenvalue weighted by atomic mass is 9.74. The SMILES string of the molecule is CCCCCCCC(C)(C)/C(=C\C(C)(CCCCCC)CCCCCC)NC1CCCCCCC1. The van der Waals surface area contributed by atoms with E-state index < -0.39 is 0 Å². The molecule has 1 aliphatic carbocycles. The van der Waals surface area contributed by atoms with Crippen LogP contribution in [-0.4, -0.2) is 6.04 Å². The molecular weight excluding hydrogens is 422 g/mol. The van der Waals surface area contributed by atoms with E-state index in [0.717, 1.165) is 0 Å². The molecule has 1 nitrogen and oxygen atoms in total. The fourth-order valence-corrected chi connectivity index (χ4v) is 6.09. The normalized spacial score (nSPS) is 16.8. The Kier molecular flexibility index (Phi) is 18.3. The minimum Gasteiger partial charge on any atom is -0.385 e. The molecule has 0 unspecified atom stereocenters. The number of nitrogens with one attached hydrogen (secondary N) is 1. The summed E-state index contributed by atoms with van der Waals surface area (Å²) < 4.78 is 0. The molecule has 0 radical (unpaired) electrons. The summed E-state index contributed by atoms with van der Waals surface area (Å²) in [5.41, 5.74) is 2.19. The van der Waals surface area contributed by atoms with Crippen LogP contribution < -0.4 is 5.32 Å². The third-order valence-electron chi connectivity index (χ3n) is 8.79. The Labute approximate surface area is 223 Å². The summed E-state index contributed by atoms with van der Waals surface area (Å²) in [5, 5.41) is 4.24. The molecule has 0 atom stereocenters. The quantitative estimate of drug-likeness (QED) is 0.168. The van der Waals surface area contributed by atoms with Crippen molar-refractivity contribution < 1.29 is 0 Å². The van der Waals surface area contributed by atoms with Crippen LogP contribution in [0.3, 0.4) is 0 Å². The lowest BCUT2D eigenvalue weighted by Crippen LogP contribution is -2.37. The Morgan fingerprint density at radius 2 is 1.03 bits per heavy atom. The van der Waals surface area contributed by atoms with Crippen LogP contribution >= 0.6 is 0 Å². The average Bonchev–Trinajstić information content (AvgIpc) is 2.80. The summed E-state index contributed by atoms with van der Waals surface area (Å²) in [7, 11) is 0. The number of allylic oxidation sites excluding steroid dienone is 2. The summed E-state index contributed by atoms with van der Waals surface area (Å²) in [6.45, 7) is 14.7. The van der Waals surface area contributed by atoms with E-state index in [-0.39, 0.29) is 5.41 Å². The molecule has 1 fully saturated rings. The van der Waals surface area contributed by atoms with Crippen molar-refractivity contribution >= 4 is 0 Å². The van der Waals surface area contributed by atoms with Gasteiger partial charge in [0.2, 0.25) is 0 Å². The Bertz CT molecular complexity index is 497. The molecule has 35 heavy (non-hydrogen) atoms. The van der Waals surface area contributed by atoms with Crippen LogP contribution in [0.25, 0.3) is 0 Å². The third kappa shape index (κ3) is 15.4. The van der Waals surface area contributed by atoms with Crippen molar-refractivity contribution in [2.24, 2.45) is 10.8 Å². The van der Waals surface area contributed by atoms with Gasteiger partial charge in [-0.15, -0.1) is 0 Å². The van der Waals surface area contributed by atoms with E-state index in [4.69, 9.17) is 0 Å². The first-order valence-electron chi connectivity index (χ1n) is 16.4. The van der Waals surface area contributed by atoms with Crippen LogP contribution in [0.2, 0.25) is 0 Å². The van der Waals surface area contributed by atoms with E-state index in [1.807, 2.05) is 0 Å². The van der Waals surface area contributed by atoms with Gasteiger partial charge < -0.3 is 5.32 Å². The summed E-state index contributed by atoms with van der Waals surface area (Å²) in [6.07, 6.45) is 34.7. The summed E-state index contributed by atoms with van der Waals surface area (Å²) in [5.74, 6) is 0. The van der Waals surface area contributed by atoms with Crippen molar-refractivity contribution in [1.29, 1.82) is 0 Å². The fraction of sp³-hybridized carbons (Fsp3) is 0.941. The highest BCUT2D eigenvalue weighted by molar-refractivity contribution is 5.16. The van der Waals surface area contributed by atoms with E-state index >= 15 is 0 Å². The van der Waals surface area contributed by atoms with Gasteiger partial charge in [-0.1, -0.05) is 163 Å². The second-order valence-corrected chi connectivity index (χ2v) is 13.1. The molecule has 0 aromatic heterocycles. The number of hydrogen-bond donors (Lipinski definition) is 1. The zero-order valence-corrected chi connectivity index (χ0v) is 25.4. The first kappa shape index (κ1) is 32.6. The first-order valence-corrected chi connectivity index (χ1v) is 16.4. The molecule has 0 aliphatic heterocycles. The van der Waals surface area contributed by atoms with E-state index in [2.05, 4.69) is 52.9 Å². The van der Waals surface area contributed by atoms with E-state index in [1.165, 1.54) is 148 Å². The van der Waals surface area contributed by atoms with E-state index in [1.54, 1.807) is 5.70 Å². The van der Waals surface area contributed by atoms with Crippen molar-refractivity contribution in [2.75, 3.05) is 0 Å². The minimum atomic E-state index is 0.253. The Balaban J connectivity index is 3.06. The lowest BCUT2D eigenvalue weighted by molar-refractivity contribution is 0.292. The number of hydrogen-bond acceptors (Lipinski definition) is 1. The van der Waals surface area contributed by atoms with Crippen LogP contribution in [0.4, 0.5) is 0 Å². The van der Waals surface area contributed by atoms with E-state index in [9.17, 15) is 0 Å². The van der Waals surface area contributed by atoms with Gasteiger partial charge in [0.25, 0.3) is 0 Å². The van der Waals surface area contributed by atoms with Crippen LogP contribution in [0, 0.1) is 10.8 Å². The van der Waals surface area contributed by atoms with Crippen LogP contribution in [0.15, 0.2) is 11.8 Å². The molecule has 1 saturated carbocycles.